The molecular weight excluding hydrogens is 183 g/mol. The summed E-state index contributed by atoms with van der Waals surface area (Å²) >= 11 is 0. The van der Waals surface area contributed by atoms with Gasteiger partial charge in [0.05, 0.1) is 13.8 Å². The lowest BCUT2D eigenvalue weighted by molar-refractivity contribution is 0.0961. The van der Waals surface area contributed by atoms with Gasteiger partial charge in [-0.05, 0) is 13.0 Å². The number of rotatable bonds is 6. The van der Waals surface area contributed by atoms with Gasteiger partial charge in [-0.3, -0.25) is 9.29 Å². The SMILES string of the molecule is CCCN(CCOC)C1CNC1.CF. The molecule has 0 spiro atoms. The number of nitrogens with one attached hydrogen (secondary N) is 1. The molecule has 1 fully saturated rings. The molecule has 3 nitrogen and oxygen atoms in total. The zero-order valence-corrected chi connectivity index (χ0v) is 9.55. The van der Waals surface area contributed by atoms with E-state index in [9.17, 15) is 4.39 Å². The van der Waals surface area contributed by atoms with Gasteiger partial charge >= 0.3 is 0 Å². The predicted molar refractivity (Wildman–Crippen MR) is 57.4 cm³/mol. The van der Waals surface area contributed by atoms with E-state index in [0.717, 1.165) is 32.3 Å². The van der Waals surface area contributed by atoms with E-state index in [4.69, 9.17) is 4.74 Å². The van der Waals surface area contributed by atoms with E-state index in [1.807, 2.05) is 0 Å². The Balaban J connectivity index is 0.000000791. The molecule has 1 heterocycles. The van der Waals surface area contributed by atoms with Crippen LogP contribution < -0.4 is 5.32 Å². The van der Waals surface area contributed by atoms with Gasteiger partial charge in [-0.1, -0.05) is 6.92 Å². The van der Waals surface area contributed by atoms with Crippen LogP contribution in [-0.2, 0) is 4.74 Å². The van der Waals surface area contributed by atoms with Gasteiger partial charge in [0.15, 0.2) is 0 Å². The Hall–Kier alpha value is -0.190. The largest absolute Gasteiger partial charge is 0.383 e. The third-order valence-corrected chi connectivity index (χ3v) is 2.37. The first-order valence-corrected chi connectivity index (χ1v) is 5.20. The number of hydrogen-bond acceptors (Lipinski definition) is 3. The van der Waals surface area contributed by atoms with Crippen molar-refractivity contribution in [1.29, 1.82) is 0 Å². The van der Waals surface area contributed by atoms with Crippen molar-refractivity contribution in [2.45, 2.75) is 19.4 Å². The molecule has 0 radical (unpaired) electrons. The lowest BCUT2D eigenvalue weighted by atomic mass is 10.1. The minimum Gasteiger partial charge on any atom is -0.383 e. The van der Waals surface area contributed by atoms with Crippen LogP contribution in [0.2, 0.25) is 0 Å². The highest BCUT2D eigenvalue weighted by molar-refractivity contribution is 4.84. The van der Waals surface area contributed by atoms with E-state index >= 15 is 0 Å². The summed E-state index contributed by atoms with van der Waals surface area (Å²) < 4.78 is 14.6. The lowest BCUT2D eigenvalue weighted by Crippen LogP contribution is -2.57. The molecule has 0 unspecified atom stereocenters. The quantitative estimate of drug-likeness (QED) is 0.699. The van der Waals surface area contributed by atoms with Crippen LogP contribution >= 0.6 is 0 Å². The van der Waals surface area contributed by atoms with Crippen molar-refractivity contribution in [3.8, 4) is 0 Å². The fraction of sp³-hybridized carbons (Fsp3) is 1.00. The molecule has 0 aromatic heterocycles. The molecule has 0 aromatic rings. The van der Waals surface area contributed by atoms with Crippen LogP contribution in [0.15, 0.2) is 0 Å². The number of ether oxygens (including phenoxy) is 1. The van der Waals surface area contributed by atoms with Crippen molar-refractivity contribution >= 4 is 0 Å². The highest BCUT2D eigenvalue weighted by Crippen LogP contribution is 2.05. The summed E-state index contributed by atoms with van der Waals surface area (Å²) in [6, 6.07) is 0.764. The van der Waals surface area contributed by atoms with Crippen molar-refractivity contribution in [2.75, 3.05) is 47.1 Å². The molecule has 1 saturated heterocycles. The molecule has 4 heteroatoms. The van der Waals surface area contributed by atoms with Crippen molar-refractivity contribution in [2.24, 2.45) is 0 Å². The molecule has 86 valence electrons. The molecule has 0 bridgehead atoms. The maximum Gasteiger partial charge on any atom is 0.0785 e. The molecule has 0 amide bonds. The Morgan fingerprint density at radius 2 is 2.00 bits per heavy atom. The molecule has 0 atom stereocenters. The first-order valence-electron chi connectivity index (χ1n) is 5.20. The van der Waals surface area contributed by atoms with Gasteiger partial charge in [-0.25, -0.2) is 0 Å². The van der Waals surface area contributed by atoms with Crippen LogP contribution in [0.4, 0.5) is 4.39 Å². The summed E-state index contributed by atoms with van der Waals surface area (Å²) in [5.74, 6) is 0. The molecule has 0 aromatic carbocycles. The molecule has 1 rings (SSSR count). The summed E-state index contributed by atoms with van der Waals surface area (Å²) in [4.78, 5) is 2.51. The molecule has 14 heavy (non-hydrogen) atoms. The second-order valence-corrected chi connectivity index (χ2v) is 3.34. The van der Waals surface area contributed by atoms with Gasteiger partial charge in [0, 0.05) is 32.8 Å². The third kappa shape index (κ3) is 4.88. The van der Waals surface area contributed by atoms with Crippen LogP contribution in [0.25, 0.3) is 0 Å². The van der Waals surface area contributed by atoms with Gasteiger partial charge < -0.3 is 10.1 Å². The second kappa shape index (κ2) is 9.37. The number of alkyl halides is 1. The first kappa shape index (κ1) is 13.8. The van der Waals surface area contributed by atoms with E-state index in [-0.39, 0.29) is 0 Å². The van der Waals surface area contributed by atoms with E-state index in [0.29, 0.717) is 7.18 Å². The summed E-state index contributed by atoms with van der Waals surface area (Å²) in [6.07, 6.45) is 1.24. The van der Waals surface area contributed by atoms with Crippen molar-refractivity contribution in [3.63, 3.8) is 0 Å². The van der Waals surface area contributed by atoms with E-state index in [2.05, 4.69) is 17.1 Å². The summed E-state index contributed by atoms with van der Waals surface area (Å²) in [7, 11) is 2.27. The Labute approximate surface area is 86.6 Å². The average molecular weight is 206 g/mol. The van der Waals surface area contributed by atoms with Crippen LogP contribution in [0, 0.1) is 0 Å². The van der Waals surface area contributed by atoms with Crippen LogP contribution in [0.1, 0.15) is 13.3 Å². The lowest BCUT2D eigenvalue weighted by Gasteiger charge is -2.38. The maximum atomic E-state index is 9.50. The van der Waals surface area contributed by atoms with Crippen LogP contribution in [0.3, 0.4) is 0 Å². The van der Waals surface area contributed by atoms with Gasteiger partial charge in [0.2, 0.25) is 0 Å². The molecular formula is C10H23FN2O. The number of methoxy groups -OCH3 is 1. The average Bonchev–Trinajstić information content (AvgIpc) is 2.15. The Morgan fingerprint density at radius 1 is 1.36 bits per heavy atom. The van der Waals surface area contributed by atoms with Crippen LogP contribution in [-0.4, -0.2) is 58.0 Å². The molecule has 1 aliphatic rings. The highest BCUT2D eigenvalue weighted by atomic mass is 19.1. The van der Waals surface area contributed by atoms with Crippen molar-refractivity contribution in [3.05, 3.63) is 0 Å². The van der Waals surface area contributed by atoms with Gasteiger partial charge in [0.25, 0.3) is 0 Å². The Morgan fingerprint density at radius 3 is 2.36 bits per heavy atom. The molecule has 1 aliphatic heterocycles. The number of halogens is 1. The molecule has 0 saturated carbocycles. The summed E-state index contributed by atoms with van der Waals surface area (Å²) in [6.45, 7) is 7.68. The normalized spacial score (nSPS) is 16.1. The second-order valence-electron chi connectivity index (χ2n) is 3.34. The minimum atomic E-state index is 0.500. The van der Waals surface area contributed by atoms with Gasteiger partial charge in [-0.15, -0.1) is 0 Å². The number of nitrogens with zero attached hydrogens (tertiary/aromatic N) is 1. The zero-order valence-electron chi connectivity index (χ0n) is 9.55. The van der Waals surface area contributed by atoms with Gasteiger partial charge in [0.1, 0.15) is 0 Å². The monoisotopic (exact) mass is 206 g/mol. The van der Waals surface area contributed by atoms with E-state index in [1.165, 1.54) is 13.0 Å². The zero-order chi connectivity index (χ0) is 10.8. The van der Waals surface area contributed by atoms with E-state index < -0.39 is 0 Å². The summed E-state index contributed by atoms with van der Waals surface area (Å²) in [5, 5.41) is 3.29. The van der Waals surface area contributed by atoms with Gasteiger partial charge in [-0.2, -0.15) is 0 Å². The van der Waals surface area contributed by atoms with Crippen LogP contribution in [0.5, 0.6) is 0 Å². The fourth-order valence-corrected chi connectivity index (χ4v) is 1.50. The Kier molecular flexibility index (Phi) is 9.24. The fourth-order valence-electron chi connectivity index (χ4n) is 1.50. The molecule has 1 N–H and O–H groups in total. The first-order chi connectivity index (χ1) is 6.88. The standard InChI is InChI=1S/C9H20N2O.CH3F/c1-3-4-11(5-6-12-2)9-7-10-8-9;1-2/h9-10H,3-8H2,1-2H3;1H3. The van der Waals surface area contributed by atoms with Crippen molar-refractivity contribution < 1.29 is 9.13 Å². The summed E-state index contributed by atoms with van der Waals surface area (Å²) in [5.41, 5.74) is 0. The smallest absolute Gasteiger partial charge is 0.0785 e. The topological polar surface area (TPSA) is 24.5 Å². The van der Waals surface area contributed by atoms with E-state index in [1.54, 1.807) is 7.11 Å². The maximum absolute atomic E-state index is 9.50. The minimum absolute atomic E-state index is 0.500. The molecule has 0 aliphatic carbocycles. The predicted octanol–water partition coefficient (Wildman–Crippen LogP) is 0.902. The highest BCUT2D eigenvalue weighted by Gasteiger charge is 2.22. The third-order valence-electron chi connectivity index (χ3n) is 2.37. The van der Waals surface area contributed by atoms with Crippen molar-refractivity contribution in [1.82, 2.24) is 10.2 Å². The Bertz CT molecular complexity index is 121. The number of hydrogen-bond donors (Lipinski definition) is 1.